The summed E-state index contributed by atoms with van der Waals surface area (Å²) in [5, 5.41) is 9.10. The van der Waals surface area contributed by atoms with Crippen LogP contribution in [0.25, 0.3) is 5.69 Å². The van der Waals surface area contributed by atoms with Gasteiger partial charge in [-0.3, -0.25) is 4.57 Å². The van der Waals surface area contributed by atoms with Crippen LogP contribution in [-0.4, -0.2) is 33.9 Å². The number of imidazole rings is 1. The molecule has 1 aromatic heterocycles. The average Bonchev–Trinajstić information content (AvgIpc) is 2.98. The summed E-state index contributed by atoms with van der Waals surface area (Å²) < 4.78 is 45.1. The lowest BCUT2D eigenvalue weighted by atomic mass is 10.00. The Kier molecular flexibility index (Phi) is 5.39. The summed E-state index contributed by atoms with van der Waals surface area (Å²) in [6.07, 6.45) is -2.56. The number of nitrogens with zero attached hydrogens (tertiary/aromatic N) is 2. The van der Waals surface area contributed by atoms with Gasteiger partial charge in [0.1, 0.15) is 11.6 Å². The fourth-order valence-electron chi connectivity index (χ4n) is 2.50. The van der Waals surface area contributed by atoms with Crippen molar-refractivity contribution in [2.24, 2.45) is 5.92 Å². The Morgan fingerprint density at radius 2 is 2.08 bits per heavy atom. The number of ether oxygens (including phenoxy) is 1. The first-order chi connectivity index (χ1) is 11.7. The maximum atomic E-state index is 12.7. The van der Waals surface area contributed by atoms with Crippen molar-refractivity contribution in [3.8, 4) is 11.4 Å². The summed E-state index contributed by atoms with van der Waals surface area (Å²) in [4.78, 5) is 15.2. The van der Waals surface area contributed by atoms with Gasteiger partial charge >= 0.3 is 12.1 Å². The van der Waals surface area contributed by atoms with Crippen LogP contribution in [0.5, 0.6) is 5.75 Å². The zero-order valence-electron chi connectivity index (χ0n) is 14.1. The van der Waals surface area contributed by atoms with Crippen molar-refractivity contribution in [1.29, 1.82) is 0 Å². The van der Waals surface area contributed by atoms with Crippen LogP contribution in [0.2, 0.25) is 0 Å². The number of carboxylic acids is 1. The molecule has 136 valence electrons. The molecular formula is C17H19F3N2O3. The molecule has 0 aliphatic heterocycles. The highest BCUT2D eigenvalue weighted by molar-refractivity contribution is 5.85. The van der Waals surface area contributed by atoms with Gasteiger partial charge in [0, 0.05) is 12.6 Å². The summed E-state index contributed by atoms with van der Waals surface area (Å²) in [6.45, 7) is 2.96. The van der Waals surface area contributed by atoms with Crippen LogP contribution in [0.3, 0.4) is 0 Å². The zero-order chi connectivity index (χ0) is 18.8. The lowest BCUT2D eigenvalue weighted by Crippen LogP contribution is -2.21. The third-order valence-corrected chi connectivity index (χ3v) is 3.92. The largest absolute Gasteiger partial charge is 0.495 e. The maximum Gasteiger partial charge on any atom is 0.391 e. The molecule has 0 amide bonds. The summed E-state index contributed by atoms with van der Waals surface area (Å²) in [5.74, 6) is -1.74. The monoisotopic (exact) mass is 356 g/mol. The first kappa shape index (κ1) is 18.8. The number of alkyl halides is 3. The first-order valence-electron chi connectivity index (χ1n) is 7.72. The minimum absolute atomic E-state index is 0.103. The molecule has 2 aromatic rings. The molecule has 1 atom stereocenters. The van der Waals surface area contributed by atoms with E-state index in [9.17, 15) is 18.0 Å². The first-order valence-corrected chi connectivity index (χ1v) is 7.72. The lowest BCUT2D eigenvalue weighted by Gasteiger charge is -2.17. The third-order valence-electron chi connectivity index (χ3n) is 3.92. The third kappa shape index (κ3) is 4.12. The van der Waals surface area contributed by atoms with Crippen LogP contribution < -0.4 is 4.74 Å². The van der Waals surface area contributed by atoms with E-state index < -0.39 is 18.1 Å². The van der Waals surface area contributed by atoms with E-state index in [1.807, 2.05) is 6.92 Å². The smallest absolute Gasteiger partial charge is 0.391 e. The number of carbonyl (C=O) groups is 1. The molecule has 0 fully saturated rings. The molecule has 1 aromatic carbocycles. The highest BCUT2D eigenvalue weighted by Crippen LogP contribution is 2.31. The Labute approximate surface area is 143 Å². The van der Waals surface area contributed by atoms with E-state index in [0.29, 0.717) is 29.2 Å². The number of aryl methyl sites for hydroxylation is 1. The van der Waals surface area contributed by atoms with Gasteiger partial charge in [-0.25, -0.2) is 9.78 Å². The Bertz CT molecular complexity index is 769. The minimum atomic E-state index is -4.26. The van der Waals surface area contributed by atoms with E-state index in [0.717, 1.165) is 6.92 Å². The maximum absolute atomic E-state index is 12.7. The van der Waals surface area contributed by atoms with Gasteiger partial charge in [-0.1, -0.05) is 19.9 Å². The fourth-order valence-corrected chi connectivity index (χ4v) is 2.50. The summed E-state index contributed by atoms with van der Waals surface area (Å²) in [6, 6.07) is 4.74. The molecule has 1 heterocycles. The zero-order valence-corrected chi connectivity index (χ0v) is 14.1. The summed E-state index contributed by atoms with van der Waals surface area (Å²) in [5.41, 5.74) is 0.915. The van der Waals surface area contributed by atoms with Gasteiger partial charge in [0.05, 0.1) is 18.7 Å². The van der Waals surface area contributed by atoms with Crippen molar-refractivity contribution in [3.05, 3.63) is 41.5 Å². The Morgan fingerprint density at radius 1 is 1.40 bits per heavy atom. The molecule has 2 rings (SSSR count). The quantitative estimate of drug-likeness (QED) is 0.853. The van der Waals surface area contributed by atoms with Crippen molar-refractivity contribution in [2.45, 2.75) is 32.9 Å². The number of carboxylic acid groups (broad SMARTS) is 1. The Morgan fingerprint density at radius 3 is 2.60 bits per heavy atom. The van der Waals surface area contributed by atoms with Crippen molar-refractivity contribution in [3.63, 3.8) is 0 Å². The summed E-state index contributed by atoms with van der Waals surface area (Å²) >= 11 is 0. The van der Waals surface area contributed by atoms with Gasteiger partial charge in [-0.05, 0) is 24.1 Å². The molecule has 0 bridgehead atoms. The molecule has 0 radical (unpaired) electrons. The van der Waals surface area contributed by atoms with Crippen molar-refractivity contribution in [1.82, 2.24) is 9.55 Å². The number of aromatic carboxylic acids is 1. The van der Waals surface area contributed by atoms with Gasteiger partial charge in [-0.15, -0.1) is 0 Å². The van der Waals surface area contributed by atoms with Crippen molar-refractivity contribution in [2.75, 3.05) is 7.11 Å². The van der Waals surface area contributed by atoms with E-state index in [1.165, 1.54) is 19.4 Å². The topological polar surface area (TPSA) is 64.3 Å². The molecule has 5 nitrogen and oxygen atoms in total. The van der Waals surface area contributed by atoms with Crippen molar-refractivity contribution >= 4 is 5.97 Å². The molecule has 25 heavy (non-hydrogen) atoms. The molecule has 1 unspecified atom stereocenters. The van der Waals surface area contributed by atoms with Crippen LogP contribution in [0.1, 0.15) is 35.7 Å². The van der Waals surface area contributed by atoms with Gasteiger partial charge in [-0.2, -0.15) is 13.2 Å². The second-order valence-corrected chi connectivity index (χ2v) is 5.72. The number of hydrogen-bond acceptors (Lipinski definition) is 3. The predicted octanol–water partition coefficient (Wildman–Crippen LogP) is 3.88. The minimum Gasteiger partial charge on any atom is -0.495 e. The van der Waals surface area contributed by atoms with Gasteiger partial charge in [0.2, 0.25) is 0 Å². The molecule has 0 saturated heterocycles. The number of benzene rings is 1. The Hall–Kier alpha value is -2.51. The Balaban J connectivity index is 2.42. The second-order valence-electron chi connectivity index (χ2n) is 5.72. The molecule has 8 heteroatoms. The highest BCUT2D eigenvalue weighted by Gasteiger charge is 2.35. The standard InChI is InChI=1S/C17H19F3N2O3/c1-4-15-21-12(16(23)24)9-22(15)13-6-5-11(8-14(13)25-3)7-10(2)17(18,19)20/h5-6,8-10H,4,7H2,1-3H3,(H,23,24). The molecule has 0 aliphatic carbocycles. The normalized spacial score (nSPS) is 12.9. The van der Waals surface area contributed by atoms with Crippen LogP contribution in [0.15, 0.2) is 24.4 Å². The SMILES string of the molecule is CCc1nc(C(=O)O)cn1-c1ccc(CC(C)C(F)(F)F)cc1OC. The van der Waals surface area contributed by atoms with E-state index in [2.05, 4.69) is 4.98 Å². The van der Waals surface area contributed by atoms with E-state index in [-0.39, 0.29) is 12.1 Å². The lowest BCUT2D eigenvalue weighted by molar-refractivity contribution is -0.169. The number of methoxy groups -OCH3 is 1. The fraction of sp³-hybridized carbons (Fsp3) is 0.412. The highest BCUT2D eigenvalue weighted by atomic mass is 19.4. The van der Waals surface area contributed by atoms with E-state index in [4.69, 9.17) is 9.84 Å². The average molecular weight is 356 g/mol. The predicted molar refractivity (Wildman–Crippen MR) is 85.4 cm³/mol. The number of halogens is 3. The molecule has 0 saturated carbocycles. The molecule has 1 N–H and O–H groups in total. The number of rotatable bonds is 6. The second kappa shape index (κ2) is 7.16. The van der Waals surface area contributed by atoms with Gasteiger partial charge < -0.3 is 9.84 Å². The van der Waals surface area contributed by atoms with Crippen LogP contribution >= 0.6 is 0 Å². The van der Waals surface area contributed by atoms with E-state index in [1.54, 1.807) is 16.7 Å². The van der Waals surface area contributed by atoms with E-state index >= 15 is 0 Å². The van der Waals surface area contributed by atoms with Crippen molar-refractivity contribution < 1.29 is 27.8 Å². The van der Waals surface area contributed by atoms with Crippen LogP contribution in [-0.2, 0) is 12.8 Å². The summed E-state index contributed by atoms with van der Waals surface area (Å²) in [7, 11) is 1.41. The van der Waals surface area contributed by atoms with Crippen LogP contribution in [0, 0.1) is 5.92 Å². The number of hydrogen-bond donors (Lipinski definition) is 1. The van der Waals surface area contributed by atoms with Gasteiger partial charge in [0.25, 0.3) is 0 Å². The molecule has 0 aliphatic rings. The van der Waals surface area contributed by atoms with Crippen LogP contribution in [0.4, 0.5) is 13.2 Å². The van der Waals surface area contributed by atoms with Gasteiger partial charge in [0.15, 0.2) is 5.69 Å². The molecule has 0 spiro atoms. The molecular weight excluding hydrogens is 337 g/mol. The number of aromatic nitrogens is 2.